The van der Waals surface area contributed by atoms with Crippen molar-refractivity contribution in [2.75, 3.05) is 13.6 Å². The molecule has 0 bridgehead atoms. The van der Waals surface area contributed by atoms with Gasteiger partial charge in [-0.15, -0.1) is 12.4 Å². The van der Waals surface area contributed by atoms with Crippen LogP contribution < -0.4 is 10.0 Å². The van der Waals surface area contributed by atoms with Crippen molar-refractivity contribution in [2.24, 2.45) is 0 Å². The number of sulfonamides is 1. The summed E-state index contributed by atoms with van der Waals surface area (Å²) in [6.07, 6.45) is 0. The average molecular weight is 324 g/mol. The molecule has 0 fully saturated rings. The number of nitriles is 1. The number of halogens is 2. The summed E-state index contributed by atoms with van der Waals surface area (Å²) in [5.41, 5.74) is 0.322. The number of benzene rings is 1. The lowest BCUT2D eigenvalue weighted by Gasteiger charge is -2.12. The highest BCUT2D eigenvalue weighted by atomic mass is 35.5. The summed E-state index contributed by atoms with van der Waals surface area (Å²) in [7, 11) is -1.91. The van der Waals surface area contributed by atoms with Crippen LogP contribution in [-0.2, 0) is 10.0 Å². The summed E-state index contributed by atoms with van der Waals surface area (Å²) in [5.74, 6) is 0. The minimum absolute atomic E-state index is 0. The Kier molecular flexibility index (Phi) is 7.34. The van der Waals surface area contributed by atoms with E-state index >= 15 is 0 Å². The van der Waals surface area contributed by atoms with Gasteiger partial charge in [-0.05, 0) is 32.2 Å². The van der Waals surface area contributed by atoms with Crippen molar-refractivity contribution < 1.29 is 8.42 Å². The molecule has 0 heterocycles. The van der Waals surface area contributed by atoms with Gasteiger partial charge in [-0.2, -0.15) is 5.26 Å². The Balaban J connectivity index is 0.00000324. The number of rotatable bonds is 5. The lowest BCUT2D eigenvalue weighted by molar-refractivity contribution is 0.554. The predicted octanol–water partition coefficient (Wildman–Crippen LogP) is 1.52. The fourth-order valence-electron chi connectivity index (χ4n) is 1.20. The molecule has 2 N–H and O–H groups in total. The lowest BCUT2D eigenvalue weighted by Crippen LogP contribution is -2.37. The second-order valence-corrected chi connectivity index (χ2v) is 5.94. The minimum Gasteiger partial charge on any atom is -0.316 e. The van der Waals surface area contributed by atoms with Crippen LogP contribution in [0.2, 0.25) is 5.02 Å². The Morgan fingerprint density at radius 3 is 2.58 bits per heavy atom. The monoisotopic (exact) mass is 323 g/mol. The van der Waals surface area contributed by atoms with E-state index in [9.17, 15) is 8.42 Å². The van der Waals surface area contributed by atoms with Gasteiger partial charge in [0, 0.05) is 12.6 Å². The van der Waals surface area contributed by atoms with E-state index in [1.807, 2.05) is 13.0 Å². The van der Waals surface area contributed by atoms with Crippen LogP contribution in [0.25, 0.3) is 0 Å². The molecule has 1 atom stereocenters. The van der Waals surface area contributed by atoms with Gasteiger partial charge >= 0.3 is 0 Å². The molecule has 1 unspecified atom stereocenters. The molecule has 0 amide bonds. The van der Waals surface area contributed by atoms with Gasteiger partial charge in [-0.25, -0.2) is 13.1 Å². The molecule has 0 saturated carbocycles. The van der Waals surface area contributed by atoms with Crippen molar-refractivity contribution in [1.29, 1.82) is 5.26 Å². The van der Waals surface area contributed by atoms with E-state index in [1.54, 1.807) is 7.05 Å². The normalized spacial score (nSPS) is 12.3. The number of likely N-dealkylation sites (N-methyl/N-ethyl adjacent to an activating group) is 1. The second-order valence-electron chi connectivity index (χ2n) is 3.80. The van der Waals surface area contributed by atoms with Crippen LogP contribution >= 0.6 is 24.0 Å². The molecular weight excluding hydrogens is 309 g/mol. The molecule has 1 rings (SSSR count). The van der Waals surface area contributed by atoms with Gasteiger partial charge in [0.05, 0.1) is 16.7 Å². The molecule has 1 aromatic rings. The van der Waals surface area contributed by atoms with Gasteiger partial charge < -0.3 is 5.32 Å². The summed E-state index contributed by atoms with van der Waals surface area (Å²) >= 11 is 5.86. The maximum Gasteiger partial charge on any atom is 0.242 e. The minimum atomic E-state index is -3.65. The quantitative estimate of drug-likeness (QED) is 0.860. The third kappa shape index (κ3) is 4.97. The van der Waals surface area contributed by atoms with Crippen LogP contribution in [-0.4, -0.2) is 28.1 Å². The first-order chi connectivity index (χ1) is 8.40. The van der Waals surface area contributed by atoms with Crippen molar-refractivity contribution in [3.05, 3.63) is 28.8 Å². The third-order valence-electron chi connectivity index (χ3n) is 2.42. The van der Waals surface area contributed by atoms with E-state index in [2.05, 4.69) is 10.0 Å². The van der Waals surface area contributed by atoms with E-state index in [-0.39, 0.29) is 34.9 Å². The lowest BCUT2D eigenvalue weighted by atomic mass is 10.2. The first-order valence-electron chi connectivity index (χ1n) is 5.27. The molecule has 0 spiro atoms. The highest BCUT2D eigenvalue weighted by Crippen LogP contribution is 2.22. The van der Waals surface area contributed by atoms with Gasteiger partial charge in [0.2, 0.25) is 10.0 Å². The SMILES string of the molecule is CNC(C)CNS(=O)(=O)c1ccc(C#N)cc1Cl.Cl. The first kappa shape index (κ1) is 18.2. The Labute approximate surface area is 124 Å². The van der Waals surface area contributed by atoms with Crippen molar-refractivity contribution in [1.82, 2.24) is 10.0 Å². The van der Waals surface area contributed by atoms with E-state index in [1.165, 1.54) is 18.2 Å². The molecule has 0 aliphatic rings. The van der Waals surface area contributed by atoms with Crippen LogP contribution in [0, 0.1) is 11.3 Å². The molecule has 8 heteroatoms. The molecule has 0 saturated heterocycles. The van der Waals surface area contributed by atoms with Crippen LogP contribution in [0.4, 0.5) is 0 Å². The molecule has 5 nitrogen and oxygen atoms in total. The van der Waals surface area contributed by atoms with Crippen LogP contribution in [0.3, 0.4) is 0 Å². The molecule has 106 valence electrons. The fraction of sp³-hybridized carbons (Fsp3) is 0.364. The van der Waals surface area contributed by atoms with Crippen molar-refractivity contribution in [3.8, 4) is 6.07 Å². The zero-order valence-electron chi connectivity index (χ0n) is 10.5. The first-order valence-corrected chi connectivity index (χ1v) is 7.13. The molecule has 1 aromatic carbocycles. The van der Waals surface area contributed by atoms with Crippen LogP contribution in [0.1, 0.15) is 12.5 Å². The molecule has 0 radical (unpaired) electrons. The molecule has 0 aromatic heterocycles. The highest BCUT2D eigenvalue weighted by molar-refractivity contribution is 7.89. The summed E-state index contributed by atoms with van der Waals surface area (Å²) in [6, 6.07) is 5.98. The van der Waals surface area contributed by atoms with E-state index in [0.29, 0.717) is 5.56 Å². The zero-order chi connectivity index (χ0) is 13.8. The predicted molar refractivity (Wildman–Crippen MR) is 77.1 cm³/mol. The maximum absolute atomic E-state index is 12.0. The zero-order valence-corrected chi connectivity index (χ0v) is 12.9. The number of hydrogen-bond donors (Lipinski definition) is 2. The Morgan fingerprint density at radius 1 is 1.47 bits per heavy atom. The van der Waals surface area contributed by atoms with Crippen molar-refractivity contribution in [2.45, 2.75) is 17.9 Å². The molecule has 19 heavy (non-hydrogen) atoms. The summed E-state index contributed by atoms with van der Waals surface area (Å²) in [6.45, 7) is 2.11. The van der Waals surface area contributed by atoms with Gasteiger partial charge in [-0.3, -0.25) is 0 Å². The largest absolute Gasteiger partial charge is 0.316 e. The second kappa shape index (κ2) is 7.68. The number of hydrogen-bond acceptors (Lipinski definition) is 4. The van der Waals surface area contributed by atoms with Crippen molar-refractivity contribution in [3.63, 3.8) is 0 Å². The van der Waals surface area contributed by atoms with Crippen LogP contribution in [0.5, 0.6) is 0 Å². The summed E-state index contributed by atoms with van der Waals surface area (Å²) in [4.78, 5) is -0.0218. The van der Waals surface area contributed by atoms with E-state index < -0.39 is 10.0 Å². The van der Waals surface area contributed by atoms with E-state index in [4.69, 9.17) is 16.9 Å². The topological polar surface area (TPSA) is 82.0 Å². The standard InChI is InChI=1S/C11H14ClN3O2S.ClH/c1-8(14-2)7-15-18(16,17)11-4-3-9(6-13)5-10(11)12;/h3-5,8,14-15H,7H2,1-2H3;1H. The van der Waals surface area contributed by atoms with E-state index in [0.717, 1.165) is 0 Å². The highest BCUT2D eigenvalue weighted by Gasteiger charge is 2.18. The smallest absolute Gasteiger partial charge is 0.242 e. The fourth-order valence-corrected chi connectivity index (χ4v) is 2.88. The van der Waals surface area contributed by atoms with Gasteiger partial charge in [0.25, 0.3) is 0 Å². The Hall–Kier alpha value is -0.840. The third-order valence-corrected chi connectivity index (χ3v) is 4.33. The van der Waals surface area contributed by atoms with Gasteiger partial charge in [0.1, 0.15) is 4.90 Å². The van der Waals surface area contributed by atoms with Gasteiger partial charge in [0.15, 0.2) is 0 Å². The Morgan fingerprint density at radius 2 is 2.11 bits per heavy atom. The Bertz CT molecular complexity index is 570. The number of nitrogens with zero attached hydrogens (tertiary/aromatic N) is 1. The number of nitrogens with one attached hydrogen (secondary N) is 2. The molecule has 0 aliphatic carbocycles. The molecule has 0 aliphatic heterocycles. The van der Waals surface area contributed by atoms with Crippen molar-refractivity contribution >= 4 is 34.0 Å². The summed E-state index contributed by atoms with van der Waals surface area (Å²) in [5, 5.41) is 11.6. The summed E-state index contributed by atoms with van der Waals surface area (Å²) < 4.78 is 26.4. The maximum atomic E-state index is 12.0. The van der Waals surface area contributed by atoms with Crippen LogP contribution in [0.15, 0.2) is 23.1 Å². The molecular formula is C11H15Cl2N3O2S. The average Bonchev–Trinajstić information content (AvgIpc) is 2.35. The van der Waals surface area contributed by atoms with Gasteiger partial charge in [-0.1, -0.05) is 11.6 Å².